The van der Waals surface area contributed by atoms with Gasteiger partial charge in [-0.3, -0.25) is 0 Å². The Kier molecular flexibility index (Phi) is 5.55. The van der Waals surface area contributed by atoms with E-state index in [1.807, 2.05) is 6.92 Å². The summed E-state index contributed by atoms with van der Waals surface area (Å²) in [4.78, 5) is 14.5. The average molecular weight is 361 g/mol. The highest BCUT2D eigenvalue weighted by atomic mass is 32.2. The number of carbonyl (C=O) groups excluding carboxylic acids is 1. The lowest BCUT2D eigenvalue weighted by Gasteiger charge is -2.60. The Hall–Kier alpha value is -0.820. The van der Waals surface area contributed by atoms with Gasteiger partial charge in [0.15, 0.2) is 9.84 Å². The number of nitrogens with one attached hydrogen (secondary N) is 1. The Morgan fingerprint density at radius 1 is 1.25 bits per heavy atom. The zero-order valence-electron chi connectivity index (χ0n) is 15.7. The minimum absolute atomic E-state index is 0.0411. The van der Waals surface area contributed by atoms with Crippen LogP contribution in [0.15, 0.2) is 0 Å². The third kappa shape index (κ3) is 2.83. The second-order valence-corrected chi connectivity index (χ2v) is 9.87. The summed E-state index contributed by atoms with van der Waals surface area (Å²) in [7, 11) is -1.36. The molecule has 2 aliphatic rings. The second-order valence-electron chi connectivity index (χ2n) is 7.39. The summed E-state index contributed by atoms with van der Waals surface area (Å²) in [5.41, 5.74) is -0.0411. The van der Waals surface area contributed by atoms with Crippen LogP contribution in [-0.4, -0.2) is 62.2 Å². The highest BCUT2D eigenvalue weighted by molar-refractivity contribution is 7.92. The van der Waals surface area contributed by atoms with Crippen LogP contribution in [0.25, 0.3) is 0 Å². The first-order chi connectivity index (χ1) is 11.2. The van der Waals surface area contributed by atoms with Crippen LogP contribution >= 0.6 is 0 Å². The van der Waals surface area contributed by atoms with E-state index in [0.717, 1.165) is 12.8 Å². The monoisotopic (exact) mass is 360 g/mol. The summed E-state index contributed by atoms with van der Waals surface area (Å²) in [5, 5.41) is 2.66. The number of nitrogens with zero attached hydrogens (tertiary/aromatic N) is 1. The molecule has 24 heavy (non-hydrogen) atoms. The Morgan fingerprint density at radius 3 is 2.33 bits per heavy atom. The lowest BCUT2D eigenvalue weighted by molar-refractivity contribution is -0.164. The molecule has 0 bridgehead atoms. The van der Waals surface area contributed by atoms with Crippen molar-refractivity contribution in [2.75, 3.05) is 19.4 Å². The van der Waals surface area contributed by atoms with Crippen LogP contribution in [-0.2, 0) is 14.6 Å². The van der Waals surface area contributed by atoms with E-state index in [1.54, 1.807) is 18.9 Å². The SMILES string of the molecule is CCC1(CC)[C@H](NC(=O)N2CCS(=O)(=O)[C@H](C)[C@@H]2C)[C@@H](C)[C@H]1OC. The largest absolute Gasteiger partial charge is 0.380 e. The molecule has 1 N–H and O–H groups in total. The number of hydrogen-bond acceptors (Lipinski definition) is 4. The van der Waals surface area contributed by atoms with E-state index in [4.69, 9.17) is 4.74 Å². The number of carbonyl (C=O) groups is 1. The molecule has 1 saturated heterocycles. The fraction of sp³-hybridized carbons (Fsp3) is 0.941. The maximum atomic E-state index is 12.8. The third-order valence-corrected chi connectivity index (χ3v) is 8.93. The van der Waals surface area contributed by atoms with E-state index >= 15 is 0 Å². The van der Waals surface area contributed by atoms with Gasteiger partial charge < -0.3 is 15.0 Å². The third-order valence-electron chi connectivity index (χ3n) is 6.65. The summed E-state index contributed by atoms with van der Waals surface area (Å²) in [6.07, 6.45) is 2.03. The number of hydrogen-bond donors (Lipinski definition) is 1. The normalized spacial score (nSPS) is 37.6. The van der Waals surface area contributed by atoms with Crippen molar-refractivity contribution in [3.05, 3.63) is 0 Å². The molecular formula is C17H32N2O4S. The molecule has 0 aromatic rings. The molecule has 0 spiro atoms. The summed E-state index contributed by atoms with van der Waals surface area (Å²) in [6.45, 7) is 10.2. The lowest BCUT2D eigenvalue weighted by Crippen LogP contribution is -2.71. The van der Waals surface area contributed by atoms with Gasteiger partial charge in [-0.25, -0.2) is 13.2 Å². The Labute approximate surface area is 146 Å². The van der Waals surface area contributed by atoms with E-state index in [2.05, 4.69) is 26.1 Å². The first kappa shape index (κ1) is 19.5. The molecule has 1 aliphatic heterocycles. The molecule has 2 rings (SSSR count). The van der Waals surface area contributed by atoms with E-state index in [9.17, 15) is 13.2 Å². The summed E-state index contributed by atoms with van der Waals surface area (Å²) in [5.74, 6) is 0.291. The highest BCUT2D eigenvalue weighted by Gasteiger charge is 2.59. The number of urea groups is 1. The van der Waals surface area contributed by atoms with Crippen molar-refractivity contribution in [1.29, 1.82) is 0 Å². The molecule has 5 atom stereocenters. The smallest absolute Gasteiger partial charge is 0.317 e. The number of ether oxygens (including phenoxy) is 1. The lowest BCUT2D eigenvalue weighted by atomic mass is 9.53. The van der Waals surface area contributed by atoms with Gasteiger partial charge in [-0.05, 0) is 26.7 Å². The molecule has 0 radical (unpaired) electrons. The van der Waals surface area contributed by atoms with E-state index < -0.39 is 15.1 Å². The minimum atomic E-state index is -3.09. The number of rotatable bonds is 4. The van der Waals surface area contributed by atoms with Gasteiger partial charge >= 0.3 is 6.03 Å². The Balaban J connectivity index is 2.12. The first-order valence-corrected chi connectivity index (χ1v) is 10.7. The van der Waals surface area contributed by atoms with Gasteiger partial charge in [-0.2, -0.15) is 0 Å². The van der Waals surface area contributed by atoms with Gasteiger partial charge in [0, 0.05) is 37.1 Å². The second kappa shape index (κ2) is 6.83. The van der Waals surface area contributed by atoms with Crippen molar-refractivity contribution in [2.45, 2.75) is 70.9 Å². The van der Waals surface area contributed by atoms with Crippen LogP contribution in [0, 0.1) is 11.3 Å². The molecule has 7 heteroatoms. The van der Waals surface area contributed by atoms with Crippen LogP contribution in [0.2, 0.25) is 0 Å². The predicted octanol–water partition coefficient (Wildman–Crippen LogP) is 2.04. The van der Waals surface area contributed by atoms with Gasteiger partial charge in [-0.15, -0.1) is 0 Å². The number of amides is 2. The molecule has 1 saturated carbocycles. The molecule has 6 nitrogen and oxygen atoms in total. The molecule has 2 fully saturated rings. The standard InChI is InChI=1S/C17H32N2O4S/c1-7-17(8-2)14(11(3)15(17)23-6)18-16(20)19-9-10-24(21,22)13(5)12(19)4/h11-15H,7-10H2,1-6H3,(H,18,20)/t11-,12+,13-,14-,15-/m1/s1. The molecule has 0 aromatic heterocycles. The van der Waals surface area contributed by atoms with Gasteiger partial charge in [0.1, 0.15) is 0 Å². The summed E-state index contributed by atoms with van der Waals surface area (Å²) < 4.78 is 29.7. The molecule has 0 aromatic carbocycles. The first-order valence-electron chi connectivity index (χ1n) is 8.97. The van der Waals surface area contributed by atoms with Crippen molar-refractivity contribution in [2.24, 2.45) is 11.3 Å². The molecule has 0 unspecified atom stereocenters. The summed E-state index contributed by atoms with van der Waals surface area (Å²) >= 11 is 0. The Morgan fingerprint density at radius 2 is 1.83 bits per heavy atom. The molecule has 2 amide bonds. The van der Waals surface area contributed by atoms with Crippen molar-refractivity contribution >= 4 is 15.9 Å². The van der Waals surface area contributed by atoms with Crippen molar-refractivity contribution in [3.8, 4) is 0 Å². The van der Waals surface area contributed by atoms with Gasteiger partial charge in [0.2, 0.25) is 0 Å². The van der Waals surface area contributed by atoms with Gasteiger partial charge in [0.05, 0.1) is 17.1 Å². The minimum Gasteiger partial charge on any atom is -0.380 e. The zero-order chi connectivity index (χ0) is 18.3. The van der Waals surface area contributed by atoms with Gasteiger partial charge in [-0.1, -0.05) is 20.8 Å². The maximum absolute atomic E-state index is 12.8. The van der Waals surface area contributed by atoms with Crippen molar-refractivity contribution < 1.29 is 17.9 Å². The number of methoxy groups -OCH3 is 1. The average Bonchev–Trinajstić information content (AvgIpc) is 2.55. The zero-order valence-corrected chi connectivity index (χ0v) is 16.5. The number of sulfone groups is 1. The van der Waals surface area contributed by atoms with Crippen molar-refractivity contribution in [1.82, 2.24) is 10.2 Å². The van der Waals surface area contributed by atoms with Crippen LogP contribution in [0.4, 0.5) is 4.79 Å². The Bertz CT molecular complexity index is 573. The molecular weight excluding hydrogens is 328 g/mol. The van der Waals surface area contributed by atoms with Crippen LogP contribution in [0.5, 0.6) is 0 Å². The fourth-order valence-electron chi connectivity index (χ4n) is 4.77. The maximum Gasteiger partial charge on any atom is 0.317 e. The highest BCUT2D eigenvalue weighted by Crippen LogP contribution is 2.52. The quantitative estimate of drug-likeness (QED) is 0.832. The van der Waals surface area contributed by atoms with E-state index in [-0.39, 0.29) is 47.8 Å². The van der Waals surface area contributed by atoms with Crippen LogP contribution < -0.4 is 5.32 Å². The summed E-state index contributed by atoms with van der Waals surface area (Å²) in [6, 6.07) is -0.400. The predicted molar refractivity (Wildman–Crippen MR) is 94.7 cm³/mol. The fourth-order valence-corrected chi connectivity index (χ4v) is 6.34. The van der Waals surface area contributed by atoms with Crippen LogP contribution in [0.1, 0.15) is 47.5 Å². The van der Waals surface area contributed by atoms with E-state index in [0.29, 0.717) is 0 Å². The van der Waals surface area contributed by atoms with Gasteiger partial charge in [0.25, 0.3) is 0 Å². The van der Waals surface area contributed by atoms with Crippen LogP contribution in [0.3, 0.4) is 0 Å². The van der Waals surface area contributed by atoms with E-state index in [1.165, 1.54) is 0 Å². The molecule has 1 heterocycles. The van der Waals surface area contributed by atoms with Crippen molar-refractivity contribution in [3.63, 3.8) is 0 Å². The topological polar surface area (TPSA) is 75.7 Å². The molecule has 1 aliphatic carbocycles. The molecule has 140 valence electrons.